The molecule has 0 unspecified atom stereocenters. The van der Waals surface area contributed by atoms with E-state index >= 15 is 0 Å². The van der Waals surface area contributed by atoms with Crippen molar-refractivity contribution in [1.82, 2.24) is 5.32 Å². The molecule has 2 rings (SSSR count). The number of allylic oxidation sites excluding steroid dienone is 2. The van der Waals surface area contributed by atoms with E-state index in [0.29, 0.717) is 5.75 Å². The van der Waals surface area contributed by atoms with E-state index in [2.05, 4.69) is 5.32 Å². The Morgan fingerprint density at radius 2 is 2.00 bits per heavy atom. The van der Waals surface area contributed by atoms with Crippen molar-refractivity contribution in [2.45, 2.75) is 26.4 Å². The maximum atomic E-state index is 11.7. The summed E-state index contributed by atoms with van der Waals surface area (Å²) in [5.41, 5.74) is 0.206. The zero-order valence-electron chi connectivity index (χ0n) is 14.0. The number of hydrogen-bond donors (Lipinski definition) is 1. The zero-order chi connectivity index (χ0) is 17.6. The smallest absolute Gasteiger partial charge is 0.303 e. The number of amides is 1. The molecule has 0 bridgehead atoms. The van der Waals surface area contributed by atoms with Crippen LogP contribution in [0.2, 0.25) is 0 Å². The van der Waals surface area contributed by atoms with Gasteiger partial charge in [0, 0.05) is 13.0 Å². The van der Waals surface area contributed by atoms with Gasteiger partial charge in [-0.1, -0.05) is 24.3 Å². The van der Waals surface area contributed by atoms with Crippen LogP contribution < -0.4 is 14.8 Å². The second kappa shape index (κ2) is 7.68. The third-order valence-electron chi connectivity index (χ3n) is 3.15. The number of nitrogens with one attached hydrogen (secondary N) is 1. The van der Waals surface area contributed by atoms with Gasteiger partial charge in [0.2, 0.25) is 12.7 Å². The third-order valence-corrected chi connectivity index (χ3v) is 3.15. The van der Waals surface area contributed by atoms with E-state index in [-0.39, 0.29) is 25.2 Å². The van der Waals surface area contributed by atoms with Crippen molar-refractivity contribution >= 4 is 18.0 Å². The molecular formula is C18H21NO5. The lowest BCUT2D eigenvalue weighted by molar-refractivity contribution is -0.153. The second-order valence-electron chi connectivity index (χ2n) is 5.90. The normalized spacial score (nSPS) is 13.5. The molecule has 6 nitrogen and oxygen atoms in total. The Morgan fingerprint density at radius 3 is 2.75 bits per heavy atom. The van der Waals surface area contributed by atoms with Crippen molar-refractivity contribution in [1.29, 1.82) is 0 Å². The van der Waals surface area contributed by atoms with Gasteiger partial charge >= 0.3 is 5.97 Å². The lowest BCUT2D eigenvalue weighted by Gasteiger charge is -2.24. The van der Waals surface area contributed by atoms with Crippen LogP contribution in [-0.4, -0.2) is 30.8 Å². The molecule has 1 heterocycles. The van der Waals surface area contributed by atoms with Crippen molar-refractivity contribution in [2.75, 3.05) is 13.3 Å². The van der Waals surface area contributed by atoms with Gasteiger partial charge in [0.15, 0.2) is 11.5 Å². The van der Waals surface area contributed by atoms with Gasteiger partial charge < -0.3 is 19.5 Å². The summed E-state index contributed by atoms with van der Waals surface area (Å²) in [4.78, 5) is 22.7. The summed E-state index contributed by atoms with van der Waals surface area (Å²) in [6, 6.07) is 5.61. The van der Waals surface area contributed by atoms with Crippen molar-refractivity contribution in [2.24, 2.45) is 0 Å². The topological polar surface area (TPSA) is 73.9 Å². The van der Waals surface area contributed by atoms with E-state index in [1.807, 2.05) is 24.3 Å². The highest BCUT2D eigenvalue weighted by Crippen LogP contribution is 2.32. The molecule has 6 heteroatoms. The molecule has 0 saturated heterocycles. The van der Waals surface area contributed by atoms with Crippen molar-refractivity contribution in [3.63, 3.8) is 0 Å². The third kappa shape index (κ3) is 5.46. The average Bonchev–Trinajstić information content (AvgIpc) is 2.96. The summed E-state index contributed by atoms with van der Waals surface area (Å²) in [5.74, 6) is 0.811. The standard InChI is InChI=1S/C18H21NO5/c1-13(20)24-18(2,3)11-19-17(21)7-5-4-6-14-8-9-15-16(10-14)23-12-22-15/h4-10H,11-12H2,1-3H3,(H,19,21)/b6-4+,7-5+. The Morgan fingerprint density at radius 1 is 1.25 bits per heavy atom. The molecule has 0 radical (unpaired) electrons. The quantitative estimate of drug-likeness (QED) is 0.492. The van der Waals surface area contributed by atoms with Gasteiger partial charge in [-0.2, -0.15) is 0 Å². The molecule has 1 aromatic rings. The first-order chi connectivity index (χ1) is 11.4. The number of carbonyl (C=O) groups excluding carboxylic acids is 2. The van der Waals surface area contributed by atoms with Crippen LogP contribution in [0, 0.1) is 0 Å². The van der Waals surface area contributed by atoms with Crippen LogP contribution in [0.5, 0.6) is 11.5 Å². The monoisotopic (exact) mass is 331 g/mol. The largest absolute Gasteiger partial charge is 0.458 e. The molecular weight excluding hydrogens is 310 g/mol. The fourth-order valence-electron chi connectivity index (χ4n) is 2.11. The molecule has 1 aromatic carbocycles. The summed E-state index contributed by atoms with van der Waals surface area (Å²) in [5, 5.41) is 2.69. The van der Waals surface area contributed by atoms with Gasteiger partial charge in [0.05, 0.1) is 6.54 Å². The molecule has 1 N–H and O–H groups in total. The number of carbonyl (C=O) groups is 2. The van der Waals surface area contributed by atoms with Crippen LogP contribution in [0.15, 0.2) is 36.4 Å². The first-order valence-electron chi connectivity index (χ1n) is 7.57. The van der Waals surface area contributed by atoms with Gasteiger partial charge in [-0.3, -0.25) is 9.59 Å². The minimum absolute atomic E-state index is 0.238. The van der Waals surface area contributed by atoms with Crippen molar-refractivity contribution < 1.29 is 23.8 Å². The Hall–Kier alpha value is -2.76. The summed E-state index contributed by atoms with van der Waals surface area (Å²) in [7, 11) is 0. The van der Waals surface area contributed by atoms with Gasteiger partial charge in [-0.25, -0.2) is 0 Å². The molecule has 0 aromatic heterocycles. The van der Waals surface area contributed by atoms with Crippen LogP contribution in [0.25, 0.3) is 6.08 Å². The number of ether oxygens (including phenoxy) is 3. The predicted molar refractivity (Wildman–Crippen MR) is 89.6 cm³/mol. The van der Waals surface area contributed by atoms with Gasteiger partial charge in [0.25, 0.3) is 0 Å². The molecule has 1 amide bonds. The summed E-state index contributed by atoms with van der Waals surface area (Å²) in [6.07, 6.45) is 6.66. The first-order valence-corrected chi connectivity index (χ1v) is 7.57. The lowest BCUT2D eigenvalue weighted by atomic mass is 10.1. The fraction of sp³-hybridized carbons (Fsp3) is 0.333. The van der Waals surface area contributed by atoms with E-state index in [1.165, 1.54) is 13.0 Å². The molecule has 1 aliphatic heterocycles. The van der Waals surface area contributed by atoms with E-state index in [0.717, 1.165) is 11.3 Å². The molecule has 1 aliphatic rings. The molecule has 128 valence electrons. The minimum atomic E-state index is -0.738. The lowest BCUT2D eigenvalue weighted by Crippen LogP contribution is -2.40. The highest BCUT2D eigenvalue weighted by molar-refractivity contribution is 5.88. The summed E-state index contributed by atoms with van der Waals surface area (Å²) >= 11 is 0. The number of fused-ring (bicyclic) bond motifs is 1. The number of hydrogen-bond acceptors (Lipinski definition) is 5. The van der Waals surface area contributed by atoms with Crippen LogP contribution in [0.1, 0.15) is 26.3 Å². The van der Waals surface area contributed by atoms with E-state index < -0.39 is 5.60 Å². The maximum absolute atomic E-state index is 11.7. The predicted octanol–water partition coefficient (Wildman–Crippen LogP) is 2.44. The van der Waals surface area contributed by atoms with Gasteiger partial charge in [0.1, 0.15) is 5.60 Å². The van der Waals surface area contributed by atoms with E-state index in [4.69, 9.17) is 14.2 Å². The molecule has 24 heavy (non-hydrogen) atoms. The van der Waals surface area contributed by atoms with Crippen LogP contribution in [-0.2, 0) is 14.3 Å². The Bertz CT molecular complexity index is 676. The van der Waals surface area contributed by atoms with Crippen molar-refractivity contribution in [3.8, 4) is 11.5 Å². The zero-order valence-corrected chi connectivity index (χ0v) is 14.0. The van der Waals surface area contributed by atoms with Crippen LogP contribution in [0.3, 0.4) is 0 Å². The minimum Gasteiger partial charge on any atom is -0.458 e. The maximum Gasteiger partial charge on any atom is 0.303 e. The Kier molecular flexibility index (Phi) is 5.63. The van der Waals surface area contributed by atoms with E-state index in [1.54, 1.807) is 26.0 Å². The second-order valence-corrected chi connectivity index (χ2v) is 5.90. The molecule has 0 spiro atoms. The highest BCUT2D eigenvalue weighted by Gasteiger charge is 2.21. The number of esters is 1. The van der Waals surface area contributed by atoms with Gasteiger partial charge in [-0.15, -0.1) is 0 Å². The van der Waals surface area contributed by atoms with E-state index in [9.17, 15) is 9.59 Å². The molecule has 0 fully saturated rings. The molecule has 0 saturated carbocycles. The first kappa shape index (κ1) is 17.6. The number of benzene rings is 1. The fourth-order valence-corrected chi connectivity index (χ4v) is 2.11. The SMILES string of the molecule is CC(=O)OC(C)(C)CNC(=O)/C=C/C=C/c1ccc2c(c1)OCO2. The summed E-state index contributed by atoms with van der Waals surface area (Å²) in [6.45, 7) is 5.29. The van der Waals surface area contributed by atoms with Crippen LogP contribution >= 0.6 is 0 Å². The summed E-state index contributed by atoms with van der Waals surface area (Å²) < 4.78 is 15.6. The van der Waals surface area contributed by atoms with Gasteiger partial charge in [-0.05, 0) is 31.5 Å². The highest BCUT2D eigenvalue weighted by atomic mass is 16.7. The Balaban J connectivity index is 1.80. The number of rotatable bonds is 6. The average molecular weight is 331 g/mol. The molecule has 0 atom stereocenters. The van der Waals surface area contributed by atoms with Crippen LogP contribution in [0.4, 0.5) is 0 Å². The molecule has 0 aliphatic carbocycles. The Labute approximate surface area is 141 Å². The van der Waals surface area contributed by atoms with Crippen molar-refractivity contribution in [3.05, 3.63) is 42.0 Å².